The normalized spacial score (nSPS) is 10.7. The van der Waals surface area contributed by atoms with Gasteiger partial charge in [0.05, 0.1) is 5.69 Å². The monoisotopic (exact) mass is 325 g/mol. The van der Waals surface area contributed by atoms with Crippen LogP contribution in [0.3, 0.4) is 0 Å². The van der Waals surface area contributed by atoms with E-state index in [4.69, 9.17) is 0 Å². The molecule has 1 amide bonds. The molecule has 3 aromatic rings. The molecular weight excluding hydrogens is 310 g/mol. The maximum absolute atomic E-state index is 12.7. The van der Waals surface area contributed by atoms with Gasteiger partial charge in [0.2, 0.25) is 0 Å². The second-order valence-electron chi connectivity index (χ2n) is 5.08. The molecule has 0 saturated heterocycles. The molecule has 3 rings (SSSR count). The first-order valence-electron chi connectivity index (χ1n) is 7.07. The van der Waals surface area contributed by atoms with Gasteiger partial charge in [0.1, 0.15) is 5.56 Å². The van der Waals surface area contributed by atoms with E-state index in [1.165, 1.54) is 21.9 Å². The van der Waals surface area contributed by atoms with Crippen LogP contribution in [-0.4, -0.2) is 21.8 Å². The summed E-state index contributed by atoms with van der Waals surface area (Å²) >= 11 is 1.37. The van der Waals surface area contributed by atoms with Crippen molar-refractivity contribution in [1.82, 2.24) is 14.7 Å². The van der Waals surface area contributed by atoms with Gasteiger partial charge in [0.15, 0.2) is 4.96 Å². The fourth-order valence-corrected chi connectivity index (χ4v) is 3.09. The van der Waals surface area contributed by atoms with Gasteiger partial charge in [0, 0.05) is 18.1 Å². The van der Waals surface area contributed by atoms with Gasteiger partial charge >= 0.3 is 0 Å². The minimum Gasteiger partial charge on any atom is -0.348 e. The maximum Gasteiger partial charge on any atom is 0.271 e. The number of fused-ring (bicyclic) bond motifs is 1. The van der Waals surface area contributed by atoms with Crippen molar-refractivity contribution in [2.75, 3.05) is 6.54 Å². The van der Waals surface area contributed by atoms with Crippen LogP contribution in [0.2, 0.25) is 0 Å². The number of rotatable bonds is 4. The Balaban J connectivity index is 2.14. The third-order valence-electron chi connectivity index (χ3n) is 3.44. The molecule has 2 aromatic heterocycles. The number of nitrogens with one attached hydrogen (secondary N) is 1. The third-order valence-corrected chi connectivity index (χ3v) is 4.28. The molecule has 0 bridgehead atoms. The number of aryl methyl sites for hydroxylation is 1. The molecule has 116 valence electrons. The summed E-state index contributed by atoms with van der Waals surface area (Å²) in [7, 11) is 0. The Morgan fingerprint density at radius 2 is 2.13 bits per heavy atom. The predicted molar refractivity (Wildman–Crippen MR) is 92.0 cm³/mol. The Bertz CT molecular complexity index is 939. The van der Waals surface area contributed by atoms with Crippen LogP contribution in [0.4, 0.5) is 0 Å². The number of thiazole rings is 1. The SMILES string of the molecule is C=CCNC(=O)c1cnc2scc(-c3ccc(C)cc3)n2c1=O. The summed E-state index contributed by atoms with van der Waals surface area (Å²) in [6.07, 6.45) is 2.88. The number of hydrogen-bond acceptors (Lipinski definition) is 4. The van der Waals surface area contributed by atoms with Crippen molar-refractivity contribution in [1.29, 1.82) is 0 Å². The van der Waals surface area contributed by atoms with Gasteiger partial charge < -0.3 is 5.32 Å². The zero-order chi connectivity index (χ0) is 16.4. The molecule has 6 heteroatoms. The second-order valence-corrected chi connectivity index (χ2v) is 5.92. The van der Waals surface area contributed by atoms with Gasteiger partial charge in [0.25, 0.3) is 11.5 Å². The second kappa shape index (κ2) is 6.18. The van der Waals surface area contributed by atoms with Crippen molar-refractivity contribution in [3.8, 4) is 11.3 Å². The van der Waals surface area contributed by atoms with E-state index in [0.717, 1.165) is 16.8 Å². The van der Waals surface area contributed by atoms with Crippen molar-refractivity contribution >= 4 is 22.2 Å². The molecule has 5 nitrogen and oxygen atoms in total. The van der Waals surface area contributed by atoms with E-state index >= 15 is 0 Å². The highest BCUT2D eigenvalue weighted by molar-refractivity contribution is 7.15. The van der Waals surface area contributed by atoms with Gasteiger partial charge in [-0.3, -0.25) is 14.0 Å². The molecular formula is C17H15N3O2S. The lowest BCUT2D eigenvalue weighted by atomic mass is 10.1. The number of nitrogens with zero attached hydrogens (tertiary/aromatic N) is 2. The molecule has 0 atom stereocenters. The Kier molecular flexibility index (Phi) is 4.08. The zero-order valence-electron chi connectivity index (χ0n) is 12.6. The number of benzene rings is 1. The smallest absolute Gasteiger partial charge is 0.271 e. The van der Waals surface area contributed by atoms with Crippen LogP contribution in [0.25, 0.3) is 16.2 Å². The van der Waals surface area contributed by atoms with E-state index in [1.807, 2.05) is 36.6 Å². The summed E-state index contributed by atoms with van der Waals surface area (Å²) in [4.78, 5) is 29.6. The number of hydrogen-bond donors (Lipinski definition) is 1. The average Bonchev–Trinajstić information content (AvgIpc) is 2.98. The Hall–Kier alpha value is -2.73. The number of aromatic nitrogens is 2. The molecule has 1 N–H and O–H groups in total. The van der Waals surface area contributed by atoms with Crippen LogP contribution in [0, 0.1) is 6.92 Å². The van der Waals surface area contributed by atoms with Crippen molar-refractivity contribution in [2.45, 2.75) is 6.92 Å². The van der Waals surface area contributed by atoms with Crippen molar-refractivity contribution in [3.63, 3.8) is 0 Å². The average molecular weight is 325 g/mol. The lowest BCUT2D eigenvalue weighted by Crippen LogP contribution is -2.31. The van der Waals surface area contributed by atoms with Crippen LogP contribution in [-0.2, 0) is 0 Å². The molecule has 0 radical (unpaired) electrons. The van der Waals surface area contributed by atoms with E-state index < -0.39 is 5.91 Å². The number of carbonyl (C=O) groups excluding carboxylic acids is 1. The molecule has 0 aliphatic rings. The van der Waals surface area contributed by atoms with Crippen LogP contribution in [0.15, 0.2) is 53.3 Å². The summed E-state index contributed by atoms with van der Waals surface area (Å²) < 4.78 is 1.48. The molecule has 0 aliphatic carbocycles. The van der Waals surface area contributed by atoms with Gasteiger partial charge in [-0.25, -0.2) is 4.98 Å². The highest BCUT2D eigenvalue weighted by Gasteiger charge is 2.16. The van der Waals surface area contributed by atoms with Crippen molar-refractivity contribution < 1.29 is 4.79 Å². The van der Waals surface area contributed by atoms with Crippen molar-refractivity contribution in [3.05, 3.63) is 70.0 Å². The first-order valence-corrected chi connectivity index (χ1v) is 7.95. The van der Waals surface area contributed by atoms with Crippen LogP contribution < -0.4 is 10.9 Å². The van der Waals surface area contributed by atoms with E-state index in [2.05, 4.69) is 16.9 Å². The summed E-state index contributed by atoms with van der Waals surface area (Å²) in [6.45, 7) is 5.85. The molecule has 0 spiro atoms. The fraction of sp³-hybridized carbons (Fsp3) is 0.118. The van der Waals surface area contributed by atoms with Gasteiger partial charge in [-0.1, -0.05) is 35.9 Å². The minimum absolute atomic E-state index is 0.0242. The molecule has 23 heavy (non-hydrogen) atoms. The predicted octanol–water partition coefficient (Wildman–Crippen LogP) is 2.65. The van der Waals surface area contributed by atoms with Gasteiger partial charge in [-0.2, -0.15) is 0 Å². The summed E-state index contributed by atoms with van der Waals surface area (Å²) in [6, 6.07) is 7.87. The first kappa shape index (κ1) is 15.2. The third kappa shape index (κ3) is 2.80. The Morgan fingerprint density at radius 1 is 1.39 bits per heavy atom. The maximum atomic E-state index is 12.7. The van der Waals surface area contributed by atoms with E-state index in [9.17, 15) is 9.59 Å². The van der Waals surface area contributed by atoms with E-state index in [1.54, 1.807) is 6.08 Å². The lowest BCUT2D eigenvalue weighted by molar-refractivity contribution is 0.0956. The molecule has 1 aromatic carbocycles. The van der Waals surface area contributed by atoms with Crippen LogP contribution >= 0.6 is 11.3 Å². The Morgan fingerprint density at radius 3 is 2.83 bits per heavy atom. The first-order chi connectivity index (χ1) is 11.1. The minimum atomic E-state index is -0.446. The highest BCUT2D eigenvalue weighted by Crippen LogP contribution is 2.24. The standard InChI is InChI=1S/C17H15N3O2S/c1-3-8-18-15(21)13-9-19-17-20(16(13)22)14(10-23-17)12-6-4-11(2)5-7-12/h3-7,9-10H,1,8H2,2H3,(H,18,21). The molecule has 2 heterocycles. The Labute approximate surface area is 136 Å². The molecule has 0 unspecified atom stereocenters. The largest absolute Gasteiger partial charge is 0.348 e. The molecule has 0 saturated carbocycles. The zero-order valence-corrected chi connectivity index (χ0v) is 13.4. The summed E-state index contributed by atoms with van der Waals surface area (Å²) in [5.74, 6) is -0.446. The fourth-order valence-electron chi connectivity index (χ4n) is 2.23. The van der Waals surface area contributed by atoms with Crippen LogP contribution in [0.1, 0.15) is 15.9 Å². The quantitative estimate of drug-likeness (QED) is 0.750. The highest BCUT2D eigenvalue weighted by atomic mass is 32.1. The molecule has 0 aliphatic heterocycles. The van der Waals surface area contributed by atoms with Crippen molar-refractivity contribution in [2.24, 2.45) is 0 Å². The van der Waals surface area contributed by atoms with E-state index in [0.29, 0.717) is 11.5 Å². The van der Waals surface area contributed by atoms with Crippen LogP contribution in [0.5, 0.6) is 0 Å². The van der Waals surface area contributed by atoms with Gasteiger partial charge in [-0.15, -0.1) is 17.9 Å². The van der Waals surface area contributed by atoms with Gasteiger partial charge in [-0.05, 0) is 12.5 Å². The molecule has 0 fully saturated rings. The number of carbonyl (C=O) groups is 1. The lowest BCUT2D eigenvalue weighted by Gasteiger charge is -2.05. The summed E-state index contributed by atoms with van der Waals surface area (Å²) in [5, 5.41) is 4.48. The summed E-state index contributed by atoms with van der Waals surface area (Å²) in [5.41, 5.74) is 2.45. The van der Waals surface area contributed by atoms with E-state index in [-0.39, 0.29) is 11.1 Å². The number of amides is 1. The topological polar surface area (TPSA) is 63.5 Å².